The van der Waals surface area contributed by atoms with Gasteiger partial charge in [-0.2, -0.15) is 0 Å². The van der Waals surface area contributed by atoms with Gasteiger partial charge in [0.25, 0.3) is 5.56 Å². The fourth-order valence-corrected chi connectivity index (χ4v) is 2.58. The maximum Gasteiger partial charge on any atom is 0.426 e. The topological polar surface area (TPSA) is 115 Å². The number of methoxy groups -OCH3 is 1. The third kappa shape index (κ3) is 6.18. The number of nitrogens with zero attached hydrogens (tertiary/aromatic N) is 3. The van der Waals surface area contributed by atoms with Crippen molar-refractivity contribution in [2.75, 3.05) is 19.0 Å². The molecule has 0 spiro atoms. The molecule has 0 unspecified atom stereocenters. The molecule has 30 heavy (non-hydrogen) atoms. The molecule has 2 N–H and O–H groups in total. The summed E-state index contributed by atoms with van der Waals surface area (Å²) in [5.74, 6) is 0. The van der Waals surface area contributed by atoms with E-state index in [1.807, 2.05) is 0 Å². The Hall–Kier alpha value is -3.14. The molecule has 1 aromatic carbocycles. The highest BCUT2D eigenvalue weighted by Crippen LogP contribution is 2.15. The third-order valence-electron chi connectivity index (χ3n) is 3.96. The fraction of sp³-hybridized carbons (Fsp3) is 0.500. The van der Waals surface area contributed by atoms with E-state index >= 15 is 0 Å². The van der Waals surface area contributed by atoms with Gasteiger partial charge >= 0.3 is 12.1 Å². The molecule has 10 heteroatoms. The molecule has 0 saturated heterocycles. The van der Waals surface area contributed by atoms with E-state index in [0.29, 0.717) is 29.7 Å². The van der Waals surface area contributed by atoms with Crippen molar-refractivity contribution in [3.8, 4) is 0 Å². The zero-order valence-electron chi connectivity index (χ0n) is 18.2. The predicted octanol–water partition coefficient (Wildman–Crippen LogP) is 2.72. The minimum atomic E-state index is -0.741. The molecule has 2 aromatic rings. The van der Waals surface area contributed by atoms with Crippen molar-refractivity contribution in [1.29, 1.82) is 0 Å². The van der Waals surface area contributed by atoms with E-state index in [1.165, 1.54) is 10.9 Å². The molecular formula is C20H29N5O5. The van der Waals surface area contributed by atoms with Crippen LogP contribution in [0.4, 0.5) is 15.3 Å². The van der Waals surface area contributed by atoms with Crippen molar-refractivity contribution < 1.29 is 19.1 Å². The number of benzene rings is 1. The average molecular weight is 419 g/mol. The van der Waals surface area contributed by atoms with Crippen molar-refractivity contribution >= 4 is 28.7 Å². The number of hydrogen-bond acceptors (Lipinski definition) is 6. The van der Waals surface area contributed by atoms with Crippen LogP contribution in [-0.2, 0) is 16.0 Å². The van der Waals surface area contributed by atoms with Gasteiger partial charge in [-0.1, -0.05) is 0 Å². The Balaban J connectivity index is 2.21. The summed E-state index contributed by atoms with van der Waals surface area (Å²) in [6.07, 6.45) is 0.725. The van der Waals surface area contributed by atoms with Crippen LogP contribution in [0.5, 0.6) is 0 Å². The Labute approximate surface area is 175 Å². The number of anilines is 1. The Bertz CT molecular complexity index is 964. The molecule has 0 aliphatic carbocycles. The summed E-state index contributed by atoms with van der Waals surface area (Å²) in [5.41, 5.74) is 2.42. The summed E-state index contributed by atoms with van der Waals surface area (Å²) in [7, 11) is 1.55. The number of urea groups is 1. The molecule has 0 aliphatic heterocycles. The van der Waals surface area contributed by atoms with E-state index in [0.717, 1.165) is 5.01 Å². The largest absolute Gasteiger partial charge is 0.443 e. The van der Waals surface area contributed by atoms with E-state index in [9.17, 15) is 14.4 Å². The molecule has 0 radical (unpaired) electrons. The first-order valence-corrected chi connectivity index (χ1v) is 9.60. The molecule has 0 bridgehead atoms. The number of rotatable bonds is 5. The van der Waals surface area contributed by atoms with Crippen LogP contribution in [0.25, 0.3) is 10.9 Å². The van der Waals surface area contributed by atoms with Gasteiger partial charge in [0.1, 0.15) is 5.60 Å². The van der Waals surface area contributed by atoms with Crippen LogP contribution in [0, 0.1) is 0 Å². The number of carbonyl (C=O) groups is 2. The van der Waals surface area contributed by atoms with Crippen molar-refractivity contribution in [3.05, 3.63) is 34.9 Å². The number of ether oxygens (including phenoxy) is 2. The third-order valence-corrected chi connectivity index (χ3v) is 3.96. The van der Waals surface area contributed by atoms with Crippen molar-refractivity contribution in [2.45, 2.75) is 52.8 Å². The van der Waals surface area contributed by atoms with Gasteiger partial charge in [-0.05, 0) is 52.8 Å². The average Bonchev–Trinajstić information content (AvgIpc) is 2.64. The van der Waals surface area contributed by atoms with Gasteiger partial charge < -0.3 is 14.8 Å². The van der Waals surface area contributed by atoms with Crippen LogP contribution in [0.1, 0.15) is 34.6 Å². The van der Waals surface area contributed by atoms with Gasteiger partial charge in [0.15, 0.2) is 0 Å². The maximum atomic E-state index is 12.7. The molecule has 1 aromatic heterocycles. The Kier molecular flexibility index (Phi) is 7.38. The molecule has 3 amide bonds. The number of hydrogen-bond donors (Lipinski definition) is 2. The van der Waals surface area contributed by atoms with Crippen molar-refractivity contribution in [1.82, 2.24) is 20.0 Å². The van der Waals surface area contributed by atoms with Crippen LogP contribution in [0.2, 0.25) is 0 Å². The van der Waals surface area contributed by atoms with Crippen LogP contribution in [0.3, 0.4) is 0 Å². The molecule has 2 rings (SSSR count). The quantitative estimate of drug-likeness (QED) is 0.720. The lowest BCUT2D eigenvalue weighted by Gasteiger charge is -2.29. The molecular weight excluding hydrogens is 390 g/mol. The number of hydrazine groups is 1. The monoisotopic (exact) mass is 419 g/mol. The number of carbonyl (C=O) groups excluding carboxylic acids is 2. The Morgan fingerprint density at radius 2 is 1.97 bits per heavy atom. The van der Waals surface area contributed by atoms with Crippen LogP contribution < -0.4 is 16.3 Å². The number of amides is 3. The van der Waals surface area contributed by atoms with E-state index < -0.39 is 17.7 Å². The fourth-order valence-electron chi connectivity index (χ4n) is 2.58. The van der Waals surface area contributed by atoms with Gasteiger partial charge in [-0.15, -0.1) is 0 Å². The molecule has 10 nitrogen and oxygen atoms in total. The van der Waals surface area contributed by atoms with Gasteiger partial charge in [0, 0.05) is 18.8 Å². The lowest BCUT2D eigenvalue weighted by atomic mass is 10.2. The highest BCUT2D eigenvalue weighted by molar-refractivity contribution is 5.93. The minimum absolute atomic E-state index is 0.235. The number of aromatic nitrogens is 2. The highest BCUT2D eigenvalue weighted by atomic mass is 16.6. The zero-order valence-corrected chi connectivity index (χ0v) is 18.2. The summed E-state index contributed by atoms with van der Waals surface area (Å²) >= 11 is 0. The Morgan fingerprint density at radius 1 is 1.27 bits per heavy atom. The van der Waals surface area contributed by atoms with E-state index in [4.69, 9.17) is 9.47 Å². The maximum absolute atomic E-state index is 12.7. The zero-order chi connectivity index (χ0) is 22.5. The first-order valence-electron chi connectivity index (χ1n) is 9.60. The summed E-state index contributed by atoms with van der Waals surface area (Å²) in [6, 6.07) is 3.93. The lowest BCUT2D eigenvalue weighted by Crippen LogP contribution is -2.52. The first-order chi connectivity index (χ1) is 14.0. The number of nitrogens with one attached hydrogen (secondary N) is 2. The van der Waals surface area contributed by atoms with Crippen molar-refractivity contribution in [2.24, 2.45) is 0 Å². The second-order valence-corrected chi connectivity index (χ2v) is 7.98. The second kappa shape index (κ2) is 9.57. The minimum Gasteiger partial charge on any atom is -0.443 e. The van der Waals surface area contributed by atoms with Crippen molar-refractivity contribution in [3.63, 3.8) is 0 Å². The van der Waals surface area contributed by atoms with E-state index in [1.54, 1.807) is 59.9 Å². The summed E-state index contributed by atoms with van der Waals surface area (Å²) in [5, 5.41) is 4.18. The smallest absolute Gasteiger partial charge is 0.426 e. The summed E-state index contributed by atoms with van der Waals surface area (Å²) < 4.78 is 11.7. The normalized spacial score (nSPS) is 11.4. The van der Waals surface area contributed by atoms with Gasteiger partial charge in [-0.3, -0.25) is 9.36 Å². The van der Waals surface area contributed by atoms with Gasteiger partial charge in [0.05, 0.1) is 30.4 Å². The molecule has 0 aliphatic rings. The van der Waals surface area contributed by atoms with Crippen LogP contribution in [0.15, 0.2) is 29.3 Å². The highest BCUT2D eigenvalue weighted by Gasteiger charge is 2.23. The van der Waals surface area contributed by atoms with E-state index in [-0.39, 0.29) is 11.6 Å². The Morgan fingerprint density at radius 3 is 2.57 bits per heavy atom. The summed E-state index contributed by atoms with van der Waals surface area (Å²) in [6.45, 7) is 9.43. The van der Waals surface area contributed by atoms with E-state index in [2.05, 4.69) is 15.7 Å². The summed E-state index contributed by atoms with van der Waals surface area (Å²) in [4.78, 5) is 41.7. The SMILES string of the molecule is COCCn1cnc2ccc(NC(=O)N(NC(=O)OC(C)(C)C)C(C)C)cc2c1=O. The lowest BCUT2D eigenvalue weighted by molar-refractivity contribution is 0.0352. The molecule has 164 valence electrons. The predicted molar refractivity (Wildman–Crippen MR) is 113 cm³/mol. The number of fused-ring (bicyclic) bond motifs is 1. The standard InChI is InChI=1S/C20H29N5O5/c1-13(2)25(23-19(28)30-20(3,4)5)18(27)22-14-7-8-16-15(11-14)17(26)24(12-21-16)9-10-29-6/h7-8,11-13H,9-10H2,1-6H3,(H,22,27)(H,23,28). The van der Waals surface area contributed by atoms with Gasteiger partial charge in [-0.25, -0.2) is 25.0 Å². The van der Waals surface area contributed by atoms with Gasteiger partial charge in [0.2, 0.25) is 0 Å². The first kappa shape index (κ1) is 23.1. The van der Waals surface area contributed by atoms with Crippen LogP contribution >= 0.6 is 0 Å². The second-order valence-electron chi connectivity index (χ2n) is 7.98. The molecule has 0 atom stereocenters. The van der Waals surface area contributed by atoms with Crippen LogP contribution in [-0.4, -0.2) is 52.0 Å². The molecule has 0 saturated carbocycles. The molecule has 1 heterocycles. The molecule has 0 fully saturated rings.